The molecule has 45 heavy (non-hydrogen) atoms. The van der Waals surface area contributed by atoms with Crippen LogP contribution in [0.4, 0.5) is 34.1 Å². The molecule has 0 spiro atoms. The summed E-state index contributed by atoms with van der Waals surface area (Å²) in [5.41, 5.74) is 8.83. The van der Waals surface area contributed by atoms with E-state index in [-0.39, 0.29) is 0 Å². The number of anilines is 6. The maximum atomic E-state index is 4.77. The number of aromatic nitrogens is 2. The predicted octanol–water partition coefficient (Wildman–Crippen LogP) is 11.1. The molecule has 0 aliphatic rings. The van der Waals surface area contributed by atoms with Crippen LogP contribution >= 0.6 is 0 Å². The van der Waals surface area contributed by atoms with Gasteiger partial charge >= 0.3 is 0 Å². The minimum absolute atomic E-state index is 0.893. The van der Waals surface area contributed by atoms with E-state index in [1.165, 1.54) is 0 Å². The summed E-state index contributed by atoms with van der Waals surface area (Å²) in [7, 11) is 0. The number of benzene rings is 6. The van der Waals surface area contributed by atoms with Crippen LogP contribution in [-0.2, 0) is 0 Å². The van der Waals surface area contributed by atoms with Crippen molar-refractivity contribution in [3.8, 4) is 5.82 Å². The van der Waals surface area contributed by atoms with Gasteiger partial charge < -0.3 is 9.80 Å². The van der Waals surface area contributed by atoms with Crippen LogP contribution in [0.3, 0.4) is 0 Å². The first-order chi connectivity index (χ1) is 22.3. The molecule has 0 aliphatic heterocycles. The Labute approximate surface area is 262 Å². The zero-order valence-corrected chi connectivity index (χ0v) is 24.6. The number of nitrogens with zero attached hydrogens (tertiary/aromatic N) is 4. The highest BCUT2D eigenvalue weighted by Gasteiger charge is 2.20. The molecular formula is C41H30N4. The van der Waals surface area contributed by atoms with Gasteiger partial charge in [0.1, 0.15) is 5.82 Å². The van der Waals surface area contributed by atoms with Crippen molar-refractivity contribution < 1.29 is 0 Å². The maximum absolute atomic E-state index is 4.77. The van der Waals surface area contributed by atoms with Crippen LogP contribution in [0.2, 0.25) is 0 Å². The Hall–Kier alpha value is -6.13. The standard InChI is InChI=1S/C41H30N4/c1-5-15-31(16-6-1)43(32-17-7-2-8-18-32)35-24-26-39-37(29-35)38-30-36(25-27-40(38)45(39)41-23-13-14-28-42-41)44(33-19-9-3-10-20-33)34-21-11-4-12-22-34/h1-30H. The van der Waals surface area contributed by atoms with E-state index in [0.29, 0.717) is 0 Å². The minimum Gasteiger partial charge on any atom is -0.310 e. The molecule has 4 nitrogen and oxygen atoms in total. The molecule has 0 N–H and O–H groups in total. The normalized spacial score (nSPS) is 11.1. The molecule has 2 heterocycles. The predicted molar refractivity (Wildman–Crippen MR) is 188 cm³/mol. The molecule has 0 unspecified atom stereocenters. The monoisotopic (exact) mass is 578 g/mol. The van der Waals surface area contributed by atoms with Crippen molar-refractivity contribution in [3.05, 3.63) is 182 Å². The van der Waals surface area contributed by atoms with Gasteiger partial charge in [-0.1, -0.05) is 78.9 Å². The summed E-state index contributed by atoms with van der Waals surface area (Å²) < 4.78 is 2.27. The summed E-state index contributed by atoms with van der Waals surface area (Å²) in [5.74, 6) is 0.893. The average molecular weight is 579 g/mol. The molecule has 4 heteroatoms. The summed E-state index contributed by atoms with van der Waals surface area (Å²) in [6.45, 7) is 0. The fraction of sp³-hybridized carbons (Fsp3) is 0. The second kappa shape index (κ2) is 11.5. The Balaban J connectivity index is 1.39. The van der Waals surface area contributed by atoms with Gasteiger partial charge in [0.2, 0.25) is 0 Å². The van der Waals surface area contributed by atoms with E-state index in [4.69, 9.17) is 4.98 Å². The molecule has 0 aliphatic carbocycles. The zero-order chi connectivity index (χ0) is 30.0. The molecule has 214 valence electrons. The SMILES string of the molecule is c1ccc(N(c2ccccc2)c2ccc3c(c2)c2cc(N(c4ccccc4)c4ccccc4)ccc2n3-c2ccccn2)cc1. The molecule has 6 aromatic carbocycles. The minimum atomic E-state index is 0.893. The Morgan fingerprint density at radius 3 is 1.09 bits per heavy atom. The third-order valence-corrected chi connectivity index (χ3v) is 8.18. The first kappa shape index (κ1) is 26.5. The molecule has 0 saturated carbocycles. The van der Waals surface area contributed by atoms with Gasteiger partial charge in [0.15, 0.2) is 0 Å². The lowest BCUT2D eigenvalue weighted by atomic mass is 10.1. The van der Waals surface area contributed by atoms with E-state index >= 15 is 0 Å². The van der Waals surface area contributed by atoms with Crippen LogP contribution in [0.25, 0.3) is 27.6 Å². The zero-order valence-electron chi connectivity index (χ0n) is 24.6. The van der Waals surface area contributed by atoms with Gasteiger partial charge in [0.05, 0.1) is 11.0 Å². The third-order valence-electron chi connectivity index (χ3n) is 8.18. The van der Waals surface area contributed by atoms with E-state index in [9.17, 15) is 0 Å². The fourth-order valence-electron chi connectivity index (χ4n) is 6.21. The van der Waals surface area contributed by atoms with Gasteiger partial charge in [0, 0.05) is 51.1 Å². The quantitative estimate of drug-likeness (QED) is 0.188. The van der Waals surface area contributed by atoms with E-state index in [1.807, 2.05) is 18.3 Å². The van der Waals surface area contributed by atoms with Crippen molar-refractivity contribution in [3.63, 3.8) is 0 Å². The van der Waals surface area contributed by atoms with E-state index < -0.39 is 0 Å². The van der Waals surface area contributed by atoms with Crippen LogP contribution in [0.5, 0.6) is 0 Å². The van der Waals surface area contributed by atoms with Gasteiger partial charge in [-0.25, -0.2) is 4.98 Å². The number of hydrogen-bond donors (Lipinski definition) is 0. The smallest absolute Gasteiger partial charge is 0.137 e. The van der Waals surface area contributed by atoms with Crippen LogP contribution in [0.15, 0.2) is 182 Å². The van der Waals surface area contributed by atoms with Crippen molar-refractivity contribution in [1.29, 1.82) is 0 Å². The Bertz CT molecular complexity index is 1980. The average Bonchev–Trinajstić information content (AvgIpc) is 3.44. The summed E-state index contributed by atoms with van der Waals surface area (Å²) in [5, 5.41) is 2.32. The number of fused-ring (bicyclic) bond motifs is 3. The van der Waals surface area contributed by atoms with Crippen molar-refractivity contribution in [2.24, 2.45) is 0 Å². The van der Waals surface area contributed by atoms with Crippen molar-refractivity contribution in [2.75, 3.05) is 9.80 Å². The first-order valence-electron chi connectivity index (χ1n) is 15.2. The molecule has 0 bridgehead atoms. The van der Waals surface area contributed by atoms with Gasteiger partial charge in [-0.15, -0.1) is 0 Å². The Morgan fingerprint density at radius 2 is 0.733 bits per heavy atom. The van der Waals surface area contributed by atoms with E-state index in [0.717, 1.165) is 61.7 Å². The summed E-state index contributed by atoms with van der Waals surface area (Å²) in [6.07, 6.45) is 1.86. The highest BCUT2D eigenvalue weighted by Crippen LogP contribution is 2.42. The van der Waals surface area contributed by atoms with E-state index in [1.54, 1.807) is 0 Å². The van der Waals surface area contributed by atoms with Crippen LogP contribution in [-0.4, -0.2) is 9.55 Å². The van der Waals surface area contributed by atoms with Crippen molar-refractivity contribution in [2.45, 2.75) is 0 Å². The van der Waals surface area contributed by atoms with Gasteiger partial charge in [0.25, 0.3) is 0 Å². The van der Waals surface area contributed by atoms with E-state index in [2.05, 4.69) is 178 Å². The molecule has 0 amide bonds. The van der Waals surface area contributed by atoms with Gasteiger partial charge in [-0.05, 0) is 97.1 Å². The van der Waals surface area contributed by atoms with Crippen molar-refractivity contribution >= 4 is 55.9 Å². The molecule has 8 aromatic rings. The summed E-state index contributed by atoms with van der Waals surface area (Å²) >= 11 is 0. The highest BCUT2D eigenvalue weighted by molar-refractivity contribution is 6.12. The lowest BCUT2D eigenvalue weighted by molar-refractivity contribution is 1.08. The summed E-state index contributed by atoms with van der Waals surface area (Å²) in [4.78, 5) is 9.39. The first-order valence-corrected chi connectivity index (χ1v) is 15.2. The molecule has 2 aromatic heterocycles. The molecular weight excluding hydrogens is 548 g/mol. The largest absolute Gasteiger partial charge is 0.310 e. The van der Waals surface area contributed by atoms with Crippen molar-refractivity contribution in [1.82, 2.24) is 9.55 Å². The number of para-hydroxylation sites is 4. The molecule has 8 rings (SSSR count). The third kappa shape index (κ3) is 4.89. The van der Waals surface area contributed by atoms with Crippen LogP contribution in [0, 0.1) is 0 Å². The maximum Gasteiger partial charge on any atom is 0.137 e. The number of pyridine rings is 1. The summed E-state index contributed by atoms with van der Waals surface area (Å²) in [6, 6.07) is 61.8. The molecule has 0 fully saturated rings. The Kier molecular flexibility index (Phi) is 6.78. The molecule has 0 atom stereocenters. The molecule has 0 saturated heterocycles. The Morgan fingerprint density at radius 1 is 0.356 bits per heavy atom. The lowest BCUT2D eigenvalue weighted by Crippen LogP contribution is -2.09. The second-order valence-electron chi connectivity index (χ2n) is 10.9. The van der Waals surface area contributed by atoms with Gasteiger partial charge in [-0.2, -0.15) is 0 Å². The number of hydrogen-bond acceptors (Lipinski definition) is 3. The van der Waals surface area contributed by atoms with Gasteiger partial charge in [-0.3, -0.25) is 4.57 Å². The van der Waals surface area contributed by atoms with Crippen LogP contribution in [0.1, 0.15) is 0 Å². The lowest BCUT2D eigenvalue weighted by Gasteiger charge is -2.26. The molecule has 0 radical (unpaired) electrons. The second-order valence-corrected chi connectivity index (χ2v) is 10.9. The topological polar surface area (TPSA) is 24.3 Å². The van der Waals surface area contributed by atoms with Crippen LogP contribution < -0.4 is 9.80 Å². The fourth-order valence-corrected chi connectivity index (χ4v) is 6.21. The number of rotatable bonds is 7. The highest BCUT2D eigenvalue weighted by atomic mass is 15.2.